The summed E-state index contributed by atoms with van der Waals surface area (Å²) in [5.74, 6) is 0. The lowest BCUT2D eigenvalue weighted by molar-refractivity contribution is 1.18. The number of benzene rings is 7. The maximum Gasteiger partial charge on any atom is 0.0792 e. The zero-order valence-corrected chi connectivity index (χ0v) is 25.9. The summed E-state index contributed by atoms with van der Waals surface area (Å²) >= 11 is 0. The number of pyridine rings is 1. The Bertz CT molecular complexity index is 2940. The highest BCUT2D eigenvalue weighted by molar-refractivity contribution is 6.16. The van der Waals surface area contributed by atoms with E-state index in [9.17, 15) is 0 Å². The third-order valence-corrected chi connectivity index (χ3v) is 10.3. The van der Waals surface area contributed by atoms with Crippen molar-refractivity contribution < 1.29 is 0 Å². The normalized spacial score (nSPS) is 12.2. The van der Waals surface area contributed by atoms with Crippen molar-refractivity contribution in [1.82, 2.24) is 14.1 Å². The monoisotopic (exact) mass is 609 g/mol. The number of nitrogens with zero attached hydrogens (tertiary/aromatic N) is 3. The minimum Gasteiger partial charge on any atom is -0.309 e. The summed E-state index contributed by atoms with van der Waals surface area (Å²) in [4.78, 5) is 4.79. The number of hydrogen-bond acceptors (Lipinski definition) is 1. The van der Waals surface area contributed by atoms with E-state index < -0.39 is 0 Å². The fourth-order valence-corrected chi connectivity index (χ4v) is 8.21. The molecule has 0 spiro atoms. The Morgan fingerprint density at radius 1 is 0.375 bits per heavy atom. The van der Waals surface area contributed by atoms with Gasteiger partial charge in [0.15, 0.2) is 0 Å². The minimum absolute atomic E-state index is 1.08. The number of hydrogen-bond donors (Lipinski definition) is 0. The SMILES string of the molecule is c1ccc(-n2c3ccccc3c3cc(-c4ccc5c(c4)c4ccccc4n5-c4cc5c6c(nccc6c4)-c4ccccc4-5)ccc32)cc1. The van der Waals surface area contributed by atoms with Gasteiger partial charge in [-0.15, -0.1) is 0 Å². The Balaban J connectivity index is 1.12. The van der Waals surface area contributed by atoms with E-state index in [0.717, 1.165) is 5.69 Å². The van der Waals surface area contributed by atoms with E-state index in [1.807, 2.05) is 6.20 Å². The van der Waals surface area contributed by atoms with Crippen LogP contribution in [-0.4, -0.2) is 14.1 Å². The molecule has 10 aromatic rings. The fourth-order valence-electron chi connectivity index (χ4n) is 8.21. The van der Waals surface area contributed by atoms with Crippen LogP contribution in [-0.2, 0) is 0 Å². The molecule has 0 amide bonds. The first-order valence-corrected chi connectivity index (χ1v) is 16.5. The highest BCUT2D eigenvalue weighted by Gasteiger charge is 2.24. The standard InChI is InChI=1S/C45H27N3/c1-2-10-31(11-3-1)47-40-16-8-6-13-34(40)37-25-28(18-20-42(37)47)29-19-21-43-38(26-29)35-14-7-9-17-41(35)48(43)32-24-30-22-23-46-45-36-15-5-4-12-33(36)39(27-32)44(30)45/h1-27H. The minimum atomic E-state index is 1.08. The molecule has 222 valence electrons. The molecule has 3 heterocycles. The van der Waals surface area contributed by atoms with Gasteiger partial charge in [0.1, 0.15) is 0 Å². The van der Waals surface area contributed by atoms with Gasteiger partial charge in [-0.25, -0.2) is 0 Å². The zero-order chi connectivity index (χ0) is 31.3. The molecule has 3 heteroatoms. The Labute approximate surface area is 276 Å². The van der Waals surface area contributed by atoms with Crippen molar-refractivity contribution in [1.29, 1.82) is 0 Å². The smallest absolute Gasteiger partial charge is 0.0792 e. The second kappa shape index (κ2) is 9.54. The van der Waals surface area contributed by atoms with Crippen LogP contribution in [0.4, 0.5) is 0 Å². The second-order valence-corrected chi connectivity index (χ2v) is 12.8. The third-order valence-electron chi connectivity index (χ3n) is 10.3. The lowest BCUT2D eigenvalue weighted by Crippen LogP contribution is -1.95. The lowest BCUT2D eigenvalue weighted by Gasteiger charge is -2.12. The Hall–Kier alpha value is -6.45. The molecule has 0 bridgehead atoms. The lowest BCUT2D eigenvalue weighted by atomic mass is 10.0. The average Bonchev–Trinajstić information content (AvgIpc) is 3.78. The maximum atomic E-state index is 4.79. The topological polar surface area (TPSA) is 22.8 Å². The molecule has 1 aliphatic carbocycles. The molecule has 1 aliphatic rings. The summed E-state index contributed by atoms with van der Waals surface area (Å²) in [5.41, 5.74) is 14.4. The van der Waals surface area contributed by atoms with Crippen LogP contribution in [0, 0.1) is 0 Å². The number of aromatic nitrogens is 3. The van der Waals surface area contributed by atoms with Crippen molar-refractivity contribution in [3.63, 3.8) is 0 Å². The van der Waals surface area contributed by atoms with Crippen LogP contribution >= 0.6 is 0 Å². The van der Waals surface area contributed by atoms with Crippen molar-refractivity contribution >= 4 is 54.4 Å². The zero-order valence-electron chi connectivity index (χ0n) is 25.9. The molecular formula is C45H27N3. The van der Waals surface area contributed by atoms with Crippen LogP contribution in [0.5, 0.6) is 0 Å². The van der Waals surface area contributed by atoms with Gasteiger partial charge in [0, 0.05) is 50.1 Å². The Kier molecular flexibility index (Phi) is 5.11. The maximum absolute atomic E-state index is 4.79. The molecule has 48 heavy (non-hydrogen) atoms. The largest absolute Gasteiger partial charge is 0.309 e. The molecule has 3 aromatic heterocycles. The fraction of sp³-hybridized carbons (Fsp3) is 0. The van der Waals surface area contributed by atoms with E-state index in [4.69, 9.17) is 4.98 Å². The van der Waals surface area contributed by atoms with E-state index in [-0.39, 0.29) is 0 Å². The van der Waals surface area contributed by atoms with Gasteiger partial charge in [0.25, 0.3) is 0 Å². The summed E-state index contributed by atoms with van der Waals surface area (Å²) in [6.07, 6.45) is 1.94. The van der Waals surface area contributed by atoms with Gasteiger partial charge in [0.2, 0.25) is 0 Å². The van der Waals surface area contributed by atoms with E-state index >= 15 is 0 Å². The number of fused-ring (bicyclic) bond motifs is 9. The van der Waals surface area contributed by atoms with Gasteiger partial charge in [0.05, 0.1) is 27.8 Å². The van der Waals surface area contributed by atoms with Crippen LogP contribution in [0.15, 0.2) is 164 Å². The summed E-state index contributed by atoms with van der Waals surface area (Å²) in [5, 5.41) is 7.49. The molecule has 11 rings (SSSR count). The molecule has 0 radical (unpaired) electrons. The quantitative estimate of drug-likeness (QED) is 0.195. The average molecular weight is 610 g/mol. The number of rotatable bonds is 3. The molecule has 3 nitrogen and oxygen atoms in total. The molecule has 0 unspecified atom stereocenters. The van der Waals surface area contributed by atoms with Crippen molar-refractivity contribution in [2.45, 2.75) is 0 Å². The highest BCUT2D eigenvalue weighted by atomic mass is 15.0. The predicted octanol–water partition coefficient (Wildman–Crippen LogP) is 11.7. The van der Waals surface area contributed by atoms with Gasteiger partial charge in [-0.1, -0.05) is 91.0 Å². The molecule has 0 fully saturated rings. The van der Waals surface area contributed by atoms with Crippen LogP contribution < -0.4 is 0 Å². The molecule has 0 aliphatic heterocycles. The summed E-state index contributed by atoms with van der Waals surface area (Å²) in [6, 6.07) is 57.5. The van der Waals surface area contributed by atoms with Crippen LogP contribution in [0.2, 0.25) is 0 Å². The van der Waals surface area contributed by atoms with Crippen LogP contribution in [0.3, 0.4) is 0 Å². The molecule has 0 saturated carbocycles. The van der Waals surface area contributed by atoms with Gasteiger partial charge in [-0.05, 0) is 94.4 Å². The van der Waals surface area contributed by atoms with Crippen molar-refractivity contribution in [3.8, 4) is 44.9 Å². The third kappa shape index (κ3) is 3.45. The predicted molar refractivity (Wildman–Crippen MR) is 200 cm³/mol. The van der Waals surface area contributed by atoms with E-state index in [2.05, 4.69) is 167 Å². The van der Waals surface area contributed by atoms with Gasteiger partial charge in [-0.2, -0.15) is 0 Å². The molecule has 0 atom stereocenters. The Morgan fingerprint density at radius 3 is 1.62 bits per heavy atom. The van der Waals surface area contributed by atoms with Crippen LogP contribution in [0.1, 0.15) is 0 Å². The summed E-state index contributed by atoms with van der Waals surface area (Å²) in [7, 11) is 0. The van der Waals surface area contributed by atoms with E-state index in [1.54, 1.807) is 0 Å². The van der Waals surface area contributed by atoms with Gasteiger partial charge >= 0.3 is 0 Å². The van der Waals surface area contributed by atoms with E-state index in [1.165, 1.54) is 93.6 Å². The first kappa shape index (κ1) is 25.7. The molecule has 0 N–H and O–H groups in total. The second-order valence-electron chi connectivity index (χ2n) is 12.8. The molecular weight excluding hydrogens is 583 g/mol. The first-order valence-electron chi connectivity index (χ1n) is 16.5. The van der Waals surface area contributed by atoms with Crippen molar-refractivity contribution in [2.75, 3.05) is 0 Å². The highest BCUT2D eigenvalue weighted by Crippen LogP contribution is 2.47. The van der Waals surface area contributed by atoms with Gasteiger partial charge in [-0.3, -0.25) is 4.98 Å². The van der Waals surface area contributed by atoms with Crippen molar-refractivity contribution in [3.05, 3.63) is 164 Å². The number of para-hydroxylation sites is 3. The first-order chi connectivity index (χ1) is 23.8. The van der Waals surface area contributed by atoms with Crippen molar-refractivity contribution in [2.24, 2.45) is 0 Å². The molecule has 7 aromatic carbocycles. The summed E-state index contributed by atoms with van der Waals surface area (Å²) < 4.78 is 4.81. The molecule has 0 saturated heterocycles. The van der Waals surface area contributed by atoms with Gasteiger partial charge < -0.3 is 9.13 Å². The summed E-state index contributed by atoms with van der Waals surface area (Å²) in [6.45, 7) is 0. The van der Waals surface area contributed by atoms with Crippen LogP contribution in [0.25, 0.3) is 99.3 Å². The van der Waals surface area contributed by atoms with E-state index in [0.29, 0.717) is 0 Å². The Morgan fingerprint density at radius 2 is 0.938 bits per heavy atom.